The number of amides is 1. The van der Waals surface area contributed by atoms with Crippen LogP contribution in [0.25, 0.3) is 11.0 Å². The summed E-state index contributed by atoms with van der Waals surface area (Å²) >= 11 is 6.69. The van der Waals surface area contributed by atoms with Crippen LogP contribution in [-0.2, 0) is 19.6 Å². The third-order valence-corrected chi connectivity index (χ3v) is 8.51. The van der Waals surface area contributed by atoms with Crippen LogP contribution >= 0.6 is 11.6 Å². The van der Waals surface area contributed by atoms with Gasteiger partial charge in [0, 0.05) is 19.6 Å². The zero-order valence-corrected chi connectivity index (χ0v) is 25.7. The van der Waals surface area contributed by atoms with Gasteiger partial charge in [0.1, 0.15) is 5.82 Å². The monoisotopic (exact) mass is 588 g/mol. The molecule has 0 unspecified atom stereocenters. The van der Waals surface area contributed by atoms with Crippen molar-refractivity contribution in [1.82, 2.24) is 19.4 Å². The topological polar surface area (TPSA) is 59.8 Å². The van der Waals surface area contributed by atoms with Crippen LogP contribution in [0.4, 0.5) is 0 Å². The fraction of sp³-hybridized carbons (Fsp3) is 0.412. The Bertz CT molecular complexity index is 1510. The Morgan fingerprint density at radius 3 is 2.36 bits per heavy atom. The van der Waals surface area contributed by atoms with E-state index in [1.807, 2.05) is 23.1 Å². The zero-order chi connectivity index (χ0) is 29.5. The van der Waals surface area contributed by atoms with Gasteiger partial charge in [0.05, 0.1) is 42.4 Å². The minimum atomic E-state index is -0.154. The third-order valence-electron chi connectivity index (χ3n) is 8.14. The summed E-state index contributed by atoms with van der Waals surface area (Å²) in [6.07, 6.45) is 5.69. The van der Waals surface area contributed by atoms with Crippen LogP contribution in [0.1, 0.15) is 66.3 Å². The fourth-order valence-corrected chi connectivity index (χ4v) is 6.13. The molecule has 0 bridgehead atoms. The molecule has 7 nitrogen and oxygen atoms in total. The van der Waals surface area contributed by atoms with Crippen molar-refractivity contribution in [3.63, 3.8) is 0 Å². The van der Waals surface area contributed by atoms with Gasteiger partial charge >= 0.3 is 0 Å². The van der Waals surface area contributed by atoms with Gasteiger partial charge < -0.3 is 18.9 Å². The summed E-state index contributed by atoms with van der Waals surface area (Å²) in [5.41, 5.74) is 5.00. The number of ether oxygens (including phenoxy) is 2. The van der Waals surface area contributed by atoms with Gasteiger partial charge in [0.15, 0.2) is 11.5 Å². The van der Waals surface area contributed by atoms with Crippen molar-refractivity contribution >= 4 is 28.5 Å². The van der Waals surface area contributed by atoms with Gasteiger partial charge in [-0.1, -0.05) is 67.8 Å². The molecule has 2 heterocycles. The van der Waals surface area contributed by atoms with Gasteiger partial charge in [0.2, 0.25) is 0 Å². The van der Waals surface area contributed by atoms with Gasteiger partial charge in [-0.15, -0.1) is 0 Å². The summed E-state index contributed by atoms with van der Waals surface area (Å²) in [7, 11) is 3.08. The van der Waals surface area contributed by atoms with Crippen LogP contribution in [0.2, 0.25) is 5.02 Å². The quantitative estimate of drug-likeness (QED) is 0.175. The van der Waals surface area contributed by atoms with E-state index in [1.54, 1.807) is 19.2 Å². The SMILES string of the molecule is CCCCN(Cc1nc2ccccc2n1Cc1ccccc1CN1CCCCC1)C(=O)c1ccc(OC)c(OC)c1Cl. The van der Waals surface area contributed by atoms with E-state index in [4.69, 9.17) is 26.1 Å². The summed E-state index contributed by atoms with van der Waals surface area (Å²) in [4.78, 5) is 23.5. The number of unbranched alkanes of at least 4 members (excludes halogenated alkanes) is 1. The fourth-order valence-electron chi connectivity index (χ4n) is 5.81. The first-order valence-corrected chi connectivity index (χ1v) is 15.3. The summed E-state index contributed by atoms with van der Waals surface area (Å²) in [6.45, 7) is 7.03. The molecule has 0 radical (unpaired) electrons. The number of hydrogen-bond acceptors (Lipinski definition) is 5. The van der Waals surface area contributed by atoms with Crippen molar-refractivity contribution in [2.45, 2.75) is 58.7 Å². The molecule has 4 aromatic rings. The molecule has 0 aliphatic carbocycles. The van der Waals surface area contributed by atoms with E-state index < -0.39 is 0 Å². The number of rotatable bonds is 12. The molecular weight excluding hydrogens is 548 g/mol. The predicted octanol–water partition coefficient (Wildman–Crippen LogP) is 7.18. The molecule has 1 aromatic heterocycles. The maximum atomic E-state index is 14.0. The van der Waals surface area contributed by atoms with E-state index in [9.17, 15) is 4.79 Å². The maximum absolute atomic E-state index is 14.0. The second-order valence-electron chi connectivity index (χ2n) is 11.0. The van der Waals surface area contributed by atoms with E-state index in [-0.39, 0.29) is 10.9 Å². The first-order valence-electron chi connectivity index (χ1n) is 15.0. The van der Waals surface area contributed by atoms with Crippen molar-refractivity contribution < 1.29 is 14.3 Å². The Morgan fingerprint density at radius 2 is 1.64 bits per heavy atom. The zero-order valence-electron chi connectivity index (χ0n) is 24.9. The first kappa shape index (κ1) is 29.9. The maximum Gasteiger partial charge on any atom is 0.255 e. The number of piperidine rings is 1. The number of aromatic nitrogens is 2. The molecule has 3 aromatic carbocycles. The number of imidazole rings is 1. The largest absolute Gasteiger partial charge is 0.493 e. The van der Waals surface area contributed by atoms with Crippen LogP contribution in [0.3, 0.4) is 0 Å². The molecule has 5 rings (SSSR count). The molecule has 222 valence electrons. The smallest absolute Gasteiger partial charge is 0.255 e. The number of nitrogens with zero attached hydrogens (tertiary/aromatic N) is 4. The normalized spacial score (nSPS) is 13.8. The second-order valence-corrected chi connectivity index (χ2v) is 11.3. The molecule has 0 saturated carbocycles. The lowest BCUT2D eigenvalue weighted by Crippen LogP contribution is -2.33. The Balaban J connectivity index is 1.49. The predicted molar refractivity (Wildman–Crippen MR) is 169 cm³/mol. The summed E-state index contributed by atoms with van der Waals surface area (Å²) < 4.78 is 13.1. The number of fused-ring (bicyclic) bond motifs is 1. The van der Waals surface area contributed by atoms with E-state index in [0.717, 1.165) is 49.3 Å². The summed E-state index contributed by atoms with van der Waals surface area (Å²) in [5, 5.41) is 0.253. The average molecular weight is 589 g/mol. The van der Waals surface area contributed by atoms with Crippen molar-refractivity contribution in [2.75, 3.05) is 33.9 Å². The van der Waals surface area contributed by atoms with Crippen LogP contribution in [-0.4, -0.2) is 59.1 Å². The third kappa shape index (κ3) is 6.58. The van der Waals surface area contributed by atoms with Gasteiger partial charge in [0.25, 0.3) is 5.91 Å². The Kier molecular flexibility index (Phi) is 10.0. The molecule has 0 atom stereocenters. The van der Waals surface area contributed by atoms with E-state index >= 15 is 0 Å². The molecule has 42 heavy (non-hydrogen) atoms. The highest BCUT2D eigenvalue weighted by Gasteiger charge is 2.25. The number of methoxy groups -OCH3 is 2. The van der Waals surface area contributed by atoms with Crippen LogP contribution in [0.15, 0.2) is 60.7 Å². The Labute approximate surface area is 254 Å². The van der Waals surface area contributed by atoms with Gasteiger partial charge in [-0.25, -0.2) is 4.98 Å². The number of para-hydroxylation sites is 2. The van der Waals surface area contributed by atoms with Gasteiger partial charge in [-0.05, 0) is 67.7 Å². The molecule has 1 aliphatic rings. The van der Waals surface area contributed by atoms with Crippen molar-refractivity contribution in [3.05, 3.63) is 88.2 Å². The van der Waals surface area contributed by atoms with Gasteiger partial charge in [-0.2, -0.15) is 0 Å². The summed E-state index contributed by atoms with van der Waals surface area (Å²) in [5.74, 6) is 1.55. The Hall–Kier alpha value is -3.55. The first-order chi connectivity index (χ1) is 20.5. The molecular formula is C34H41ClN4O3. The number of benzene rings is 3. The van der Waals surface area contributed by atoms with Crippen molar-refractivity contribution in [2.24, 2.45) is 0 Å². The van der Waals surface area contributed by atoms with Crippen LogP contribution in [0, 0.1) is 0 Å². The highest BCUT2D eigenvalue weighted by Crippen LogP contribution is 2.38. The summed E-state index contributed by atoms with van der Waals surface area (Å²) in [6, 6.07) is 20.4. The number of likely N-dealkylation sites (tertiary alicyclic amines) is 1. The lowest BCUT2D eigenvalue weighted by Gasteiger charge is -2.27. The van der Waals surface area contributed by atoms with Crippen LogP contribution < -0.4 is 9.47 Å². The second kappa shape index (κ2) is 14.1. The lowest BCUT2D eigenvalue weighted by molar-refractivity contribution is 0.0735. The van der Waals surface area contributed by atoms with E-state index in [0.29, 0.717) is 36.7 Å². The van der Waals surface area contributed by atoms with E-state index in [1.165, 1.54) is 37.5 Å². The highest BCUT2D eigenvalue weighted by molar-refractivity contribution is 6.35. The van der Waals surface area contributed by atoms with Crippen molar-refractivity contribution in [1.29, 1.82) is 0 Å². The van der Waals surface area contributed by atoms with Crippen LogP contribution in [0.5, 0.6) is 11.5 Å². The Morgan fingerprint density at radius 1 is 0.929 bits per heavy atom. The molecule has 1 amide bonds. The number of carbonyl (C=O) groups excluding carboxylic acids is 1. The standard InChI is InChI=1S/C34H41ClN4O3/c1-4-5-21-38(34(40)27-17-18-30(41-2)33(42-3)32(27)35)24-31-36-28-15-9-10-16-29(28)39(31)23-26-14-8-7-13-25(26)22-37-19-11-6-12-20-37/h7-10,13-18H,4-6,11-12,19-24H2,1-3H3. The average Bonchev–Trinajstić information content (AvgIpc) is 3.36. The minimum absolute atomic E-state index is 0.154. The van der Waals surface area contributed by atoms with E-state index in [2.05, 4.69) is 46.7 Å². The number of hydrogen-bond donors (Lipinski definition) is 0. The lowest BCUT2D eigenvalue weighted by atomic mass is 10.0. The molecule has 8 heteroatoms. The number of halogens is 1. The van der Waals surface area contributed by atoms with Gasteiger partial charge in [-0.3, -0.25) is 9.69 Å². The molecule has 1 fully saturated rings. The number of carbonyl (C=O) groups is 1. The molecule has 0 N–H and O–H groups in total. The van der Waals surface area contributed by atoms with Crippen molar-refractivity contribution in [3.8, 4) is 11.5 Å². The molecule has 1 saturated heterocycles. The molecule has 0 spiro atoms. The molecule has 1 aliphatic heterocycles. The minimum Gasteiger partial charge on any atom is -0.493 e. The highest BCUT2D eigenvalue weighted by atomic mass is 35.5.